The maximum Gasteiger partial charge on any atom is 0.269 e. The molecule has 0 unspecified atom stereocenters. The van der Waals surface area contributed by atoms with Gasteiger partial charge in [0.05, 0.1) is 16.9 Å². The summed E-state index contributed by atoms with van der Waals surface area (Å²) in [5, 5.41) is 14.4. The molecule has 1 aromatic heterocycles. The minimum absolute atomic E-state index is 0.0384. The van der Waals surface area contributed by atoms with Crippen LogP contribution in [0, 0.1) is 21.8 Å². The Morgan fingerprint density at radius 2 is 1.97 bits per heavy atom. The minimum Gasteiger partial charge on any atom is -0.365 e. The third kappa shape index (κ3) is 5.21. The van der Waals surface area contributed by atoms with Gasteiger partial charge in [-0.15, -0.1) is 0 Å². The Kier molecular flexibility index (Phi) is 6.90. The number of nitrogens with one attached hydrogen (secondary N) is 1. The van der Waals surface area contributed by atoms with Gasteiger partial charge in [-0.25, -0.2) is 4.39 Å². The van der Waals surface area contributed by atoms with Crippen LogP contribution >= 0.6 is 0 Å². The molecule has 5 rings (SSSR count). The highest BCUT2D eigenvalue weighted by atomic mass is 19.1. The normalized spacial score (nSPS) is 19.3. The molecule has 36 heavy (non-hydrogen) atoms. The van der Waals surface area contributed by atoms with E-state index >= 15 is 0 Å². The third-order valence-electron chi connectivity index (χ3n) is 7.05. The number of anilines is 1. The Morgan fingerprint density at radius 3 is 2.72 bits per heavy atom. The van der Waals surface area contributed by atoms with Crippen LogP contribution in [-0.2, 0) is 24.2 Å². The molecule has 3 heterocycles. The number of carbonyl (C=O) groups is 1. The van der Waals surface area contributed by atoms with Crippen molar-refractivity contribution in [1.29, 1.82) is 0 Å². The second-order valence-corrected chi connectivity index (χ2v) is 9.37. The van der Waals surface area contributed by atoms with E-state index in [0.717, 1.165) is 29.1 Å². The van der Waals surface area contributed by atoms with Gasteiger partial charge in [0, 0.05) is 68.9 Å². The lowest BCUT2D eigenvalue weighted by Crippen LogP contribution is -2.61. The number of nitro groups is 1. The van der Waals surface area contributed by atoms with Crippen LogP contribution in [0.5, 0.6) is 0 Å². The van der Waals surface area contributed by atoms with Gasteiger partial charge in [-0.2, -0.15) is 0 Å². The number of amides is 1. The summed E-state index contributed by atoms with van der Waals surface area (Å²) in [4.78, 5) is 33.2. The second-order valence-electron chi connectivity index (χ2n) is 9.37. The SMILES string of the molecule is O=C(NCCc1ccccn1)[C@@H]1Cc2cc([N+](=O)[O-])ccc2N2CCN(Cc3ccc(F)cc3)C[C@H]12. The second kappa shape index (κ2) is 10.4. The first-order valence-corrected chi connectivity index (χ1v) is 12.2. The molecule has 2 atom stereocenters. The van der Waals surface area contributed by atoms with E-state index in [0.29, 0.717) is 39.0 Å². The van der Waals surface area contributed by atoms with Crippen LogP contribution in [0.4, 0.5) is 15.8 Å². The molecule has 0 spiro atoms. The standard InChI is InChI=1S/C27H28FN5O3/c28-21-6-4-19(5-7-21)17-31-13-14-32-25-9-8-23(33(35)36)15-20(25)16-24(26(32)18-31)27(34)30-12-10-22-3-1-2-11-29-22/h1-9,11,15,24,26H,10,12-14,16-18H2,(H,30,34)/t24-,26-/m1/s1. The zero-order valence-corrected chi connectivity index (χ0v) is 19.8. The van der Waals surface area contributed by atoms with E-state index in [-0.39, 0.29) is 29.4 Å². The average Bonchev–Trinajstić information content (AvgIpc) is 2.89. The zero-order chi connectivity index (χ0) is 25.1. The Balaban J connectivity index is 1.35. The fraction of sp³-hybridized carbons (Fsp3) is 0.333. The van der Waals surface area contributed by atoms with E-state index in [1.54, 1.807) is 24.4 Å². The molecule has 186 valence electrons. The van der Waals surface area contributed by atoms with Gasteiger partial charge < -0.3 is 10.2 Å². The number of nitro benzene ring substituents is 1. The van der Waals surface area contributed by atoms with Crippen molar-refractivity contribution < 1.29 is 14.1 Å². The van der Waals surface area contributed by atoms with Crippen molar-refractivity contribution in [2.75, 3.05) is 31.1 Å². The lowest BCUT2D eigenvalue weighted by Gasteiger charge is -2.49. The molecule has 0 bridgehead atoms. The summed E-state index contributed by atoms with van der Waals surface area (Å²) in [5.74, 6) is -0.662. The lowest BCUT2D eigenvalue weighted by atomic mass is 9.83. The van der Waals surface area contributed by atoms with Crippen LogP contribution in [0.3, 0.4) is 0 Å². The summed E-state index contributed by atoms with van der Waals surface area (Å²) in [5.41, 5.74) is 3.76. The molecule has 1 fully saturated rings. The van der Waals surface area contributed by atoms with Gasteiger partial charge >= 0.3 is 0 Å². The van der Waals surface area contributed by atoms with Crippen LogP contribution in [0.25, 0.3) is 0 Å². The van der Waals surface area contributed by atoms with E-state index in [9.17, 15) is 19.3 Å². The van der Waals surface area contributed by atoms with Gasteiger partial charge in [-0.3, -0.25) is 24.8 Å². The first kappa shape index (κ1) is 23.9. The van der Waals surface area contributed by atoms with Crippen molar-refractivity contribution >= 4 is 17.3 Å². The Morgan fingerprint density at radius 1 is 1.14 bits per heavy atom. The molecular weight excluding hydrogens is 461 g/mol. The number of non-ortho nitro benzene ring substituents is 1. The molecule has 9 heteroatoms. The number of hydrogen-bond acceptors (Lipinski definition) is 6. The third-order valence-corrected chi connectivity index (χ3v) is 7.05. The average molecular weight is 490 g/mol. The molecule has 0 radical (unpaired) electrons. The van der Waals surface area contributed by atoms with Crippen molar-refractivity contribution in [3.63, 3.8) is 0 Å². The van der Waals surface area contributed by atoms with E-state index in [1.807, 2.05) is 24.3 Å². The number of aromatic nitrogens is 1. The number of carbonyl (C=O) groups excluding carboxylic acids is 1. The molecule has 2 aromatic carbocycles. The van der Waals surface area contributed by atoms with Gasteiger partial charge in [-0.1, -0.05) is 18.2 Å². The maximum atomic E-state index is 13.4. The van der Waals surface area contributed by atoms with E-state index in [1.165, 1.54) is 18.2 Å². The smallest absolute Gasteiger partial charge is 0.269 e. The lowest BCUT2D eigenvalue weighted by molar-refractivity contribution is -0.384. The maximum absolute atomic E-state index is 13.4. The summed E-state index contributed by atoms with van der Waals surface area (Å²) in [6, 6.07) is 17.1. The van der Waals surface area contributed by atoms with Gasteiger partial charge in [0.25, 0.3) is 5.69 Å². The van der Waals surface area contributed by atoms with E-state index in [2.05, 4.69) is 20.1 Å². The highest BCUT2D eigenvalue weighted by Gasteiger charge is 2.41. The Labute approximate surface area is 208 Å². The highest BCUT2D eigenvalue weighted by molar-refractivity contribution is 5.82. The number of rotatable bonds is 7. The fourth-order valence-electron chi connectivity index (χ4n) is 5.26. The molecule has 2 aliphatic rings. The quantitative estimate of drug-likeness (QED) is 0.404. The van der Waals surface area contributed by atoms with Crippen LogP contribution in [0.15, 0.2) is 66.9 Å². The molecule has 1 amide bonds. The van der Waals surface area contributed by atoms with Gasteiger partial charge in [-0.05, 0) is 47.9 Å². The number of fused-ring (bicyclic) bond motifs is 3. The van der Waals surface area contributed by atoms with Crippen molar-refractivity contribution in [2.24, 2.45) is 5.92 Å². The monoisotopic (exact) mass is 489 g/mol. The first-order chi connectivity index (χ1) is 17.5. The van der Waals surface area contributed by atoms with Crippen molar-refractivity contribution in [3.05, 3.63) is 99.6 Å². The first-order valence-electron chi connectivity index (χ1n) is 12.2. The van der Waals surface area contributed by atoms with Crippen LogP contribution in [-0.4, -0.2) is 52.9 Å². The summed E-state index contributed by atoms with van der Waals surface area (Å²) < 4.78 is 13.3. The fourth-order valence-corrected chi connectivity index (χ4v) is 5.26. The minimum atomic E-state index is -0.394. The van der Waals surface area contributed by atoms with Crippen molar-refractivity contribution in [1.82, 2.24) is 15.2 Å². The number of benzene rings is 2. The molecule has 0 saturated carbocycles. The van der Waals surface area contributed by atoms with Crippen LogP contribution in [0.1, 0.15) is 16.8 Å². The predicted molar refractivity (Wildman–Crippen MR) is 134 cm³/mol. The molecule has 8 nitrogen and oxygen atoms in total. The van der Waals surface area contributed by atoms with Crippen LogP contribution in [0.2, 0.25) is 0 Å². The predicted octanol–water partition coefficient (Wildman–Crippen LogP) is 3.35. The zero-order valence-electron chi connectivity index (χ0n) is 19.8. The van der Waals surface area contributed by atoms with Gasteiger partial charge in [0.2, 0.25) is 5.91 Å². The highest BCUT2D eigenvalue weighted by Crippen LogP contribution is 2.38. The Bertz CT molecular complexity index is 1240. The molecule has 1 saturated heterocycles. The van der Waals surface area contributed by atoms with Gasteiger partial charge in [0.15, 0.2) is 0 Å². The van der Waals surface area contributed by atoms with Crippen molar-refractivity contribution in [3.8, 4) is 0 Å². The number of piperazine rings is 1. The number of pyridine rings is 1. The summed E-state index contributed by atoms with van der Waals surface area (Å²) in [6.07, 6.45) is 2.81. The number of hydrogen-bond donors (Lipinski definition) is 1. The molecule has 0 aliphatic carbocycles. The molecular formula is C27H28FN5O3. The number of nitrogens with zero attached hydrogens (tertiary/aromatic N) is 4. The van der Waals surface area contributed by atoms with Crippen molar-refractivity contribution in [2.45, 2.75) is 25.4 Å². The number of halogens is 1. The van der Waals surface area contributed by atoms with E-state index in [4.69, 9.17) is 0 Å². The topological polar surface area (TPSA) is 91.6 Å². The van der Waals surface area contributed by atoms with Gasteiger partial charge in [0.1, 0.15) is 5.82 Å². The molecule has 3 aromatic rings. The molecule has 2 aliphatic heterocycles. The summed E-state index contributed by atoms with van der Waals surface area (Å²) in [6.45, 7) is 3.30. The van der Waals surface area contributed by atoms with Crippen LogP contribution < -0.4 is 10.2 Å². The summed E-state index contributed by atoms with van der Waals surface area (Å²) >= 11 is 0. The largest absolute Gasteiger partial charge is 0.365 e. The van der Waals surface area contributed by atoms with E-state index < -0.39 is 4.92 Å². The molecule has 1 N–H and O–H groups in total. The summed E-state index contributed by atoms with van der Waals surface area (Å²) in [7, 11) is 0. The Hall–Kier alpha value is -3.85.